The van der Waals surface area contributed by atoms with Crippen molar-refractivity contribution in [1.82, 2.24) is 5.32 Å². The van der Waals surface area contributed by atoms with Crippen molar-refractivity contribution in [3.63, 3.8) is 0 Å². The van der Waals surface area contributed by atoms with Crippen LogP contribution >= 0.6 is 11.8 Å². The van der Waals surface area contributed by atoms with Gasteiger partial charge >= 0.3 is 0 Å². The number of carbonyl (C=O) groups is 3. The summed E-state index contributed by atoms with van der Waals surface area (Å²) in [6, 6.07) is 37.5. The predicted molar refractivity (Wildman–Crippen MR) is 180 cm³/mol. The van der Waals surface area contributed by atoms with E-state index < -0.39 is 11.8 Å². The molecule has 0 heterocycles. The van der Waals surface area contributed by atoms with E-state index in [2.05, 4.69) is 28.8 Å². The molecule has 2 N–H and O–H groups in total. The quantitative estimate of drug-likeness (QED) is 0.0946. The lowest BCUT2D eigenvalue weighted by molar-refractivity contribution is -0.113. The van der Waals surface area contributed by atoms with Crippen LogP contribution in [0, 0.1) is 0 Å². The molecule has 1 aliphatic rings. The first kappa shape index (κ1) is 29.7. The van der Waals surface area contributed by atoms with E-state index in [4.69, 9.17) is 4.74 Å². The average molecular weight is 611 g/mol. The SMILES string of the molecule is COc1ccccc1/C=C(\NC(=O)c1ccccc1)C(=O)Nc1ccc(SCC(=O)c2ccc3c(c2)Cc2ccccc2-3)cc1. The van der Waals surface area contributed by atoms with Gasteiger partial charge in [-0.25, -0.2) is 0 Å². The summed E-state index contributed by atoms with van der Waals surface area (Å²) in [5.74, 6) is 0.0409. The first-order valence-corrected chi connectivity index (χ1v) is 15.5. The molecule has 6 nitrogen and oxygen atoms in total. The van der Waals surface area contributed by atoms with Crippen LogP contribution in [0.2, 0.25) is 0 Å². The van der Waals surface area contributed by atoms with Gasteiger partial charge in [-0.3, -0.25) is 14.4 Å². The second-order valence-corrected chi connectivity index (χ2v) is 11.6. The van der Waals surface area contributed by atoms with E-state index in [0.717, 1.165) is 11.3 Å². The van der Waals surface area contributed by atoms with Crippen molar-refractivity contribution in [3.05, 3.63) is 155 Å². The Bertz CT molecular complexity index is 1920. The summed E-state index contributed by atoms with van der Waals surface area (Å²) in [5, 5.41) is 5.61. The van der Waals surface area contributed by atoms with Gasteiger partial charge in [-0.05, 0) is 83.3 Å². The fourth-order valence-corrected chi connectivity index (χ4v) is 6.06. The molecule has 222 valence electrons. The smallest absolute Gasteiger partial charge is 0.272 e. The van der Waals surface area contributed by atoms with Crippen LogP contribution in [-0.4, -0.2) is 30.5 Å². The van der Waals surface area contributed by atoms with Gasteiger partial charge in [0.1, 0.15) is 11.4 Å². The average Bonchev–Trinajstić information content (AvgIpc) is 3.46. The third-order valence-electron chi connectivity index (χ3n) is 7.57. The molecule has 2 amide bonds. The molecule has 7 heteroatoms. The number of fused-ring (bicyclic) bond motifs is 3. The fourth-order valence-electron chi connectivity index (χ4n) is 5.27. The van der Waals surface area contributed by atoms with Gasteiger partial charge in [-0.15, -0.1) is 11.8 Å². The van der Waals surface area contributed by atoms with E-state index in [9.17, 15) is 14.4 Å². The molecular weight excluding hydrogens is 580 g/mol. The maximum Gasteiger partial charge on any atom is 0.272 e. The summed E-state index contributed by atoms with van der Waals surface area (Å²) in [7, 11) is 1.55. The molecule has 0 bridgehead atoms. The normalized spacial score (nSPS) is 11.7. The topological polar surface area (TPSA) is 84.5 Å². The van der Waals surface area contributed by atoms with Crippen LogP contribution in [0.15, 0.2) is 132 Å². The molecule has 1 aliphatic carbocycles. The van der Waals surface area contributed by atoms with E-state index >= 15 is 0 Å². The number of ketones is 1. The van der Waals surface area contributed by atoms with Crippen LogP contribution in [0.5, 0.6) is 5.75 Å². The molecule has 0 fully saturated rings. The van der Waals surface area contributed by atoms with Crippen molar-refractivity contribution >= 4 is 41.1 Å². The van der Waals surface area contributed by atoms with Crippen molar-refractivity contribution < 1.29 is 19.1 Å². The van der Waals surface area contributed by atoms with E-state index in [1.54, 1.807) is 61.7 Å². The standard InChI is InChI=1S/C38H30N2O4S/c1-44-36-14-8-6-12-28(36)23-34(40-37(42)25-9-3-2-4-10-25)38(43)39-30-16-18-31(19-17-30)45-24-35(41)27-15-20-33-29(22-27)21-26-11-5-7-13-32(26)33/h2-20,22-23H,21,24H2,1H3,(H,39,43)(H,40,42)/b34-23-. The number of nitrogens with one attached hydrogen (secondary N) is 2. The van der Waals surface area contributed by atoms with E-state index in [-0.39, 0.29) is 11.5 Å². The zero-order valence-electron chi connectivity index (χ0n) is 24.6. The number of anilines is 1. The van der Waals surface area contributed by atoms with E-state index in [1.807, 2.05) is 54.6 Å². The Kier molecular flexibility index (Phi) is 8.89. The molecule has 0 spiro atoms. The maximum atomic E-state index is 13.4. The van der Waals surface area contributed by atoms with Gasteiger partial charge < -0.3 is 15.4 Å². The van der Waals surface area contributed by atoms with Crippen molar-refractivity contribution in [2.75, 3.05) is 18.2 Å². The minimum Gasteiger partial charge on any atom is -0.496 e. The molecule has 6 rings (SSSR count). The predicted octanol–water partition coefficient (Wildman–Crippen LogP) is 7.65. The van der Waals surface area contributed by atoms with Gasteiger partial charge in [0.2, 0.25) is 0 Å². The van der Waals surface area contributed by atoms with Crippen molar-refractivity contribution in [2.24, 2.45) is 0 Å². The number of carbonyl (C=O) groups excluding carboxylic acids is 3. The number of rotatable bonds is 10. The van der Waals surface area contributed by atoms with Gasteiger partial charge in [0, 0.05) is 27.3 Å². The van der Waals surface area contributed by atoms with Crippen LogP contribution in [-0.2, 0) is 11.2 Å². The highest BCUT2D eigenvalue weighted by atomic mass is 32.2. The van der Waals surface area contributed by atoms with E-state index in [1.165, 1.54) is 34.0 Å². The number of ether oxygens (including phenoxy) is 1. The summed E-state index contributed by atoms with van der Waals surface area (Å²) in [5.41, 5.74) is 7.32. The first-order valence-electron chi connectivity index (χ1n) is 14.5. The molecule has 45 heavy (non-hydrogen) atoms. The largest absolute Gasteiger partial charge is 0.496 e. The molecule has 0 unspecified atom stereocenters. The molecule has 0 aliphatic heterocycles. The maximum absolute atomic E-state index is 13.4. The Balaban J connectivity index is 1.11. The number of thioether (sulfide) groups is 1. The van der Waals surface area contributed by atoms with Crippen molar-refractivity contribution in [2.45, 2.75) is 11.3 Å². The fraction of sp³-hybridized carbons (Fsp3) is 0.0789. The number of hydrogen-bond donors (Lipinski definition) is 2. The Morgan fingerprint density at radius 3 is 2.27 bits per heavy atom. The second-order valence-electron chi connectivity index (χ2n) is 10.5. The number of benzene rings is 5. The van der Waals surface area contributed by atoms with Crippen molar-refractivity contribution in [3.8, 4) is 16.9 Å². The Labute approximate surface area is 266 Å². The highest BCUT2D eigenvalue weighted by Crippen LogP contribution is 2.37. The van der Waals surface area contributed by atoms with Crippen molar-refractivity contribution in [1.29, 1.82) is 0 Å². The minimum atomic E-state index is -0.487. The zero-order valence-corrected chi connectivity index (χ0v) is 25.4. The number of amides is 2. The lowest BCUT2D eigenvalue weighted by Gasteiger charge is -2.13. The first-order chi connectivity index (χ1) is 22.0. The minimum absolute atomic E-state index is 0.0647. The summed E-state index contributed by atoms with van der Waals surface area (Å²) in [6.07, 6.45) is 2.43. The lowest BCUT2D eigenvalue weighted by Crippen LogP contribution is -2.30. The molecule has 0 saturated heterocycles. The van der Waals surface area contributed by atoms with Gasteiger partial charge in [0.15, 0.2) is 5.78 Å². The Hall–Kier alpha value is -5.40. The van der Waals surface area contributed by atoms with Gasteiger partial charge in [-0.1, -0.05) is 72.8 Å². The summed E-state index contributed by atoms with van der Waals surface area (Å²) < 4.78 is 5.43. The zero-order chi connectivity index (χ0) is 31.2. The number of methoxy groups -OCH3 is 1. The van der Waals surface area contributed by atoms with Crippen LogP contribution in [0.4, 0.5) is 5.69 Å². The number of hydrogen-bond acceptors (Lipinski definition) is 5. The number of Topliss-reactive ketones (excluding diaryl/α,β-unsaturated/α-hetero) is 1. The third kappa shape index (κ3) is 6.89. The second kappa shape index (κ2) is 13.5. The van der Waals surface area contributed by atoms with Crippen LogP contribution in [0.25, 0.3) is 17.2 Å². The van der Waals surface area contributed by atoms with E-state index in [0.29, 0.717) is 33.9 Å². The molecular formula is C38H30N2O4S. The van der Waals surface area contributed by atoms with Gasteiger partial charge in [0.25, 0.3) is 11.8 Å². The van der Waals surface area contributed by atoms with Crippen LogP contribution in [0.1, 0.15) is 37.4 Å². The monoisotopic (exact) mass is 610 g/mol. The molecule has 5 aromatic rings. The Morgan fingerprint density at radius 2 is 1.47 bits per heavy atom. The lowest BCUT2D eigenvalue weighted by atomic mass is 10.0. The number of para-hydroxylation sites is 1. The summed E-state index contributed by atoms with van der Waals surface area (Å²) in [6.45, 7) is 0. The Morgan fingerprint density at radius 1 is 0.756 bits per heavy atom. The van der Waals surface area contributed by atoms with Crippen LogP contribution in [0.3, 0.4) is 0 Å². The molecule has 0 aromatic heterocycles. The third-order valence-corrected chi connectivity index (χ3v) is 8.58. The molecule has 5 aromatic carbocycles. The van der Waals surface area contributed by atoms with Gasteiger partial charge in [0.05, 0.1) is 12.9 Å². The highest BCUT2D eigenvalue weighted by molar-refractivity contribution is 8.00. The molecule has 0 saturated carbocycles. The summed E-state index contributed by atoms with van der Waals surface area (Å²) >= 11 is 1.45. The van der Waals surface area contributed by atoms with Crippen LogP contribution < -0.4 is 15.4 Å². The highest BCUT2D eigenvalue weighted by Gasteiger charge is 2.20. The molecule has 0 atom stereocenters. The molecule has 0 radical (unpaired) electrons. The van der Waals surface area contributed by atoms with Gasteiger partial charge in [-0.2, -0.15) is 0 Å². The summed E-state index contributed by atoms with van der Waals surface area (Å²) in [4.78, 5) is 40.3.